The number of benzene rings is 2. The summed E-state index contributed by atoms with van der Waals surface area (Å²) in [4.78, 5) is 45.2. The van der Waals surface area contributed by atoms with Crippen LogP contribution >= 0.6 is 0 Å². The first kappa shape index (κ1) is 30.1. The molecule has 3 rings (SSSR count). The quantitative estimate of drug-likeness (QED) is 0.302. The molecule has 2 aromatic rings. The van der Waals surface area contributed by atoms with Gasteiger partial charge >= 0.3 is 5.97 Å². The van der Waals surface area contributed by atoms with Crippen LogP contribution in [0.5, 0.6) is 11.5 Å². The molecule has 0 unspecified atom stereocenters. The zero-order chi connectivity index (χ0) is 26.3. The van der Waals surface area contributed by atoms with Crippen molar-refractivity contribution in [2.24, 2.45) is 0 Å². The third-order valence-corrected chi connectivity index (χ3v) is 4.42. The topological polar surface area (TPSA) is 140 Å². The van der Waals surface area contributed by atoms with Crippen molar-refractivity contribution >= 4 is 29.3 Å². The second kappa shape index (κ2) is 12.7. The second-order valence-corrected chi connectivity index (χ2v) is 8.60. The van der Waals surface area contributed by atoms with Crippen LogP contribution in [0.25, 0.3) is 0 Å². The van der Waals surface area contributed by atoms with Gasteiger partial charge in [0.25, 0.3) is 5.91 Å². The van der Waals surface area contributed by atoms with Gasteiger partial charge in [-0.25, -0.2) is 10.3 Å². The van der Waals surface area contributed by atoms with E-state index < -0.39 is 17.7 Å². The van der Waals surface area contributed by atoms with Crippen molar-refractivity contribution < 1.29 is 38.6 Å². The van der Waals surface area contributed by atoms with Crippen LogP contribution < -0.4 is 20.3 Å². The lowest BCUT2D eigenvalue weighted by atomic mass is 10.0. The van der Waals surface area contributed by atoms with Crippen molar-refractivity contribution in [3.05, 3.63) is 53.1 Å². The van der Waals surface area contributed by atoms with E-state index in [1.165, 1.54) is 19.9 Å². The lowest BCUT2D eigenvalue weighted by Crippen LogP contribution is -2.38. The van der Waals surface area contributed by atoms with Crippen LogP contribution in [-0.2, 0) is 20.7 Å². The van der Waals surface area contributed by atoms with E-state index in [1.54, 1.807) is 49.7 Å². The maximum absolute atomic E-state index is 11.8. The minimum Gasteiger partial charge on any atom is -0.490 e. The average Bonchev–Trinajstić information content (AvgIpc) is 2.73. The predicted octanol–water partition coefficient (Wildman–Crippen LogP) is 4.29. The van der Waals surface area contributed by atoms with Crippen LogP contribution in [0.15, 0.2) is 36.4 Å². The molecular weight excluding hydrogens is 468 g/mol. The number of Topliss-reactive ketones (excluding diaryl/α,β-unsaturated/α-hetero) is 1. The van der Waals surface area contributed by atoms with Crippen LogP contribution in [0.3, 0.4) is 0 Å². The van der Waals surface area contributed by atoms with Gasteiger partial charge < -0.3 is 19.5 Å². The number of hydrogen-bond acceptors (Lipinski definition) is 8. The highest BCUT2D eigenvalue weighted by atomic mass is 16.7. The number of esters is 1. The zero-order valence-electron chi connectivity index (χ0n) is 20.6. The van der Waals surface area contributed by atoms with Crippen LogP contribution in [-0.4, -0.2) is 40.7 Å². The maximum Gasteiger partial charge on any atom is 0.345 e. The normalized spacial score (nSPS) is 12.9. The molecule has 0 aliphatic carbocycles. The van der Waals surface area contributed by atoms with Crippen molar-refractivity contribution in [3.8, 4) is 11.5 Å². The Kier molecular flexibility index (Phi) is 10.6. The van der Waals surface area contributed by atoms with Crippen molar-refractivity contribution in [1.29, 1.82) is 0 Å². The van der Waals surface area contributed by atoms with E-state index in [0.717, 1.165) is 5.56 Å². The number of amides is 2. The molecule has 10 heteroatoms. The third-order valence-electron chi connectivity index (χ3n) is 4.42. The molecule has 2 aromatic carbocycles. The number of anilines is 1. The molecule has 0 saturated heterocycles. The average molecular weight is 503 g/mol. The number of hydroxylamine groups is 1. The summed E-state index contributed by atoms with van der Waals surface area (Å²) < 4.78 is 16.1. The highest BCUT2D eigenvalue weighted by Crippen LogP contribution is 2.31. The van der Waals surface area contributed by atoms with E-state index in [-0.39, 0.29) is 30.8 Å². The molecule has 1 aliphatic rings. The van der Waals surface area contributed by atoms with Gasteiger partial charge in [0, 0.05) is 32.9 Å². The fourth-order valence-electron chi connectivity index (χ4n) is 3.19. The molecule has 0 aromatic heterocycles. The summed E-state index contributed by atoms with van der Waals surface area (Å²) >= 11 is 0. The van der Waals surface area contributed by atoms with E-state index in [4.69, 9.17) is 19.4 Å². The highest BCUT2D eigenvalue weighted by molar-refractivity contribution is 5.98. The van der Waals surface area contributed by atoms with Gasteiger partial charge in [0.2, 0.25) is 11.7 Å². The Hall–Kier alpha value is -3.92. The van der Waals surface area contributed by atoms with Gasteiger partial charge in [-0.05, 0) is 56.7 Å². The Balaban J connectivity index is 0.000000351. The van der Waals surface area contributed by atoms with Gasteiger partial charge in [0.05, 0.1) is 11.7 Å². The van der Waals surface area contributed by atoms with E-state index >= 15 is 0 Å². The summed E-state index contributed by atoms with van der Waals surface area (Å²) in [6, 6.07) is 9.76. The molecule has 36 heavy (non-hydrogen) atoms. The summed E-state index contributed by atoms with van der Waals surface area (Å²) in [6.45, 7) is 9.88. The smallest absolute Gasteiger partial charge is 0.345 e. The molecule has 10 nitrogen and oxygen atoms in total. The Morgan fingerprint density at radius 2 is 1.72 bits per heavy atom. The summed E-state index contributed by atoms with van der Waals surface area (Å²) in [6.07, 6.45) is 0.200. The van der Waals surface area contributed by atoms with E-state index in [0.29, 0.717) is 29.2 Å². The predicted molar refractivity (Wildman–Crippen MR) is 133 cm³/mol. The third kappa shape index (κ3) is 8.70. The standard InChI is InChI=1S/C13H14O4.C12H16N2O4.CH4/c1-8(14)6-9-4-5-11-10(7-9)12(15)17-13(2,3)16-11;1-7(2)18-11-5-4-9(13-8(3)15)6-10(11)12(16)14-17;/h4-5,7H,6H2,1-3H3;4-7,17H,1-3H3,(H,13,15)(H,14,16);1H4. The molecular formula is C26H34N2O8. The van der Waals surface area contributed by atoms with Crippen LogP contribution in [0.1, 0.15) is 75.2 Å². The van der Waals surface area contributed by atoms with Crippen LogP contribution in [0.2, 0.25) is 0 Å². The van der Waals surface area contributed by atoms with E-state index in [2.05, 4.69) is 5.32 Å². The van der Waals surface area contributed by atoms with Crippen molar-refractivity contribution in [1.82, 2.24) is 5.48 Å². The minimum absolute atomic E-state index is 0. The molecule has 1 aliphatic heterocycles. The molecule has 0 atom stereocenters. The molecule has 2 amide bonds. The molecule has 0 radical (unpaired) electrons. The molecule has 0 spiro atoms. The van der Waals surface area contributed by atoms with Crippen molar-refractivity contribution in [3.63, 3.8) is 0 Å². The SMILES string of the molecule is C.CC(=O)Cc1ccc2c(c1)C(=O)OC(C)(C)O2.CC(=O)Nc1ccc(OC(C)C)c(C(=O)NO)c1. The summed E-state index contributed by atoms with van der Waals surface area (Å²) in [5, 5.41) is 11.2. The minimum atomic E-state index is -0.938. The first-order valence-corrected chi connectivity index (χ1v) is 10.9. The van der Waals surface area contributed by atoms with Crippen LogP contribution in [0.4, 0.5) is 5.69 Å². The Labute approximate surface area is 210 Å². The first-order chi connectivity index (χ1) is 16.3. The molecule has 0 saturated carbocycles. The highest BCUT2D eigenvalue weighted by Gasteiger charge is 2.33. The number of cyclic esters (lactones) is 1. The van der Waals surface area contributed by atoms with Gasteiger partial charge in [0.1, 0.15) is 22.8 Å². The Morgan fingerprint density at radius 3 is 2.28 bits per heavy atom. The van der Waals surface area contributed by atoms with Gasteiger partial charge in [-0.3, -0.25) is 19.6 Å². The molecule has 196 valence electrons. The number of ether oxygens (including phenoxy) is 3. The number of carbonyl (C=O) groups excluding carboxylic acids is 4. The monoisotopic (exact) mass is 502 g/mol. The first-order valence-electron chi connectivity index (χ1n) is 10.9. The number of nitrogens with one attached hydrogen (secondary N) is 2. The number of hydrogen-bond donors (Lipinski definition) is 3. The summed E-state index contributed by atoms with van der Waals surface area (Å²) in [5.74, 6) is -1.41. The number of fused-ring (bicyclic) bond motifs is 1. The van der Waals surface area contributed by atoms with E-state index in [9.17, 15) is 19.2 Å². The number of carbonyl (C=O) groups is 4. The fraction of sp³-hybridized carbons (Fsp3) is 0.385. The fourth-order valence-corrected chi connectivity index (χ4v) is 3.19. The van der Waals surface area contributed by atoms with Gasteiger partial charge in [-0.15, -0.1) is 0 Å². The maximum atomic E-state index is 11.8. The van der Waals surface area contributed by atoms with Gasteiger partial charge in [-0.2, -0.15) is 0 Å². The number of ketones is 1. The lowest BCUT2D eigenvalue weighted by Gasteiger charge is -2.31. The van der Waals surface area contributed by atoms with Crippen molar-refractivity contribution in [2.75, 3.05) is 5.32 Å². The van der Waals surface area contributed by atoms with Crippen molar-refractivity contribution in [2.45, 2.75) is 67.3 Å². The largest absolute Gasteiger partial charge is 0.490 e. The lowest BCUT2D eigenvalue weighted by molar-refractivity contribution is -0.127. The molecule has 1 heterocycles. The molecule has 0 fully saturated rings. The molecule has 0 bridgehead atoms. The summed E-state index contributed by atoms with van der Waals surface area (Å²) in [7, 11) is 0. The second-order valence-electron chi connectivity index (χ2n) is 8.60. The zero-order valence-corrected chi connectivity index (χ0v) is 20.6. The Bertz CT molecular complexity index is 1120. The van der Waals surface area contributed by atoms with E-state index in [1.807, 2.05) is 13.8 Å². The summed E-state index contributed by atoms with van der Waals surface area (Å²) in [5.41, 5.74) is 3.32. The Morgan fingerprint density at radius 1 is 1.06 bits per heavy atom. The van der Waals surface area contributed by atoms with Gasteiger partial charge in [0.15, 0.2) is 0 Å². The number of rotatable bonds is 6. The van der Waals surface area contributed by atoms with Gasteiger partial charge in [-0.1, -0.05) is 13.5 Å². The van der Waals surface area contributed by atoms with Crippen LogP contribution in [0, 0.1) is 0 Å². The molecule has 3 N–H and O–H groups in total.